The van der Waals surface area contributed by atoms with E-state index in [1.807, 2.05) is 30.3 Å². The van der Waals surface area contributed by atoms with E-state index in [-0.39, 0.29) is 0 Å². The molecule has 0 aliphatic carbocycles. The molecule has 14 aromatic rings. The summed E-state index contributed by atoms with van der Waals surface area (Å²) in [4.78, 5) is 16.2. The van der Waals surface area contributed by atoms with E-state index in [0.717, 1.165) is 77.3 Å². The molecule has 0 bridgehead atoms. The van der Waals surface area contributed by atoms with Crippen molar-refractivity contribution in [2.75, 3.05) is 0 Å². The molecule has 6 nitrogen and oxygen atoms in total. The van der Waals surface area contributed by atoms with Crippen LogP contribution < -0.4 is 0 Å². The van der Waals surface area contributed by atoms with Gasteiger partial charge in [0.2, 0.25) is 0 Å². The standard InChI is InChI=1S/C55H30N4O2S/c1-2-12-32-28-44-41(27-31(32)11-1)35-13-3-7-17-42(35)59(44)43-25-26-47-51(40-16-5-9-19-46(40)60-47)52(43)55-57-53(33-21-23-37-36-14-4-8-18-45(36)61-48(37)29-33)56-54(58-55)34-22-24-39-38-15-6-10-20-49(38)62-50(39)30-34/h1-30H. The van der Waals surface area contributed by atoms with Crippen molar-refractivity contribution in [3.05, 3.63) is 182 Å². The average molecular weight is 811 g/mol. The first kappa shape index (κ1) is 33.7. The predicted octanol–water partition coefficient (Wildman–Crippen LogP) is 15.3. The molecule has 0 radical (unpaired) electrons. The maximum atomic E-state index is 6.61. The van der Waals surface area contributed by atoms with Crippen LogP contribution in [0.3, 0.4) is 0 Å². The summed E-state index contributed by atoms with van der Waals surface area (Å²) < 4.78 is 17.8. The summed E-state index contributed by atoms with van der Waals surface area (Å²) in [7, 11) is 0. The number of benzene rings is 9. The van der Waals surface area contributed by atoms with Crippen LogP contribution in [0.15, 0.2) is 191 Å². The summed E-state index contributed by atoms with van der Waals surface area (Å²) in [6.07, 6.45) is 0. The van der Waals surface area contributed by atoms with Gasteiger partial charge in [0, 0.05) is 63.6 Å². The molecule has 62 heavy (non-hydrogen) atoms. The Morgan fingerprint density at radius 1 is 0.371 bits per heavy atom. The van der Waals surface area contributed by atoms with Crippen molar-refractivity contribution >= 4 is 108 Å². The lowest BCUT2D eigenvalue weighted by Crippen LogP contribution is -2.04. The minimum atomic E-state index is 0.546. The number of para-hydroxylation sites is 3. The Labute approximate surface area is 356 Å². The second kappa shape index (κ2) is 12.7. The van der Waals surface area contributed by atoms with Gasteiger partial charge >= 0.3 is 0 Å². The van der Waals surface area contributed by atoms with Crippen molar-refractivity contribution in [1.82, 2.24) is 19.5 Å². The van der Waals surface area contributed by atoms with Crippen LogP contribution in [0.1, 0.15) is 0 Å². The number of aromatic nitrogens is 4. The van der Waals surface area contributed by atoms with Crippen LogP contribution in [0.25, 0.3) is 136 Å². The third-order valence-electron chi connectivity index (χ3n) is 12.4. The molecule has 0 fully saturated rings. The van der Waals surface area contributed by atoms with Crippen LogP contribution >= 0.6 is 11.3 Å². The number of hydrogen-bond acceptors (Lipinski definition) is 6. The Kier molecular flexibility index (Phi) is 6.89. The molecule has 0 aliphatic heterocycles. The van der Waals surface area contributed by atoms with Crippen LogP contribution in [-0.2, 0) is 0 Å². The third kappa shape index (κ3) is 4.88. The Morgan fingerprint density at radius 2 is 0.968 bits per heavy atom. The Bertz CT molecular complexity index is 4060. The fraction of sp³-hybridized carbons (Fsp3) is 0. The molecule has 0 saturated heterocycles. The number of furan rings is 2. The molecule has 14 rings (SSSR count). The lowest BCUT2D eigenvalue weighted by Gasteiger charge is -2.16. The van der Waals surface area contributed by atoms with Crippen LogP contribution in [0.5, 0.6) is 0 Å². The van der Waals surface area contributed by atoms with E-state index in [1.54, 1.807) is 11.3 Å². The Balaban J connectivity index is 1.10. The second-order valence-corrected chi connectivity index (χ2v) is 17.0. The van der Waals surface area contributed by atoms with Gasteiger partial charge in [-0.3, -0.25) is 0 Å². The van der Waals surface area contributed by atoms with Gasteiger partial charge in [-0.05, 0) is 77.5 Å². The van der Waals surface area contributed by atoms with E-state index in [4.69, 9.17) is 23.8 Å². The summed E-state index contributed by atoms with van der Waals surface area (Å²) in [5, 5.41) is 11.2. The molecule has 5 aromatic heterocycles. The van der Waals surface area contributed by atoms with Gasteiger partial charge in [-0.1, -0.05) is 115 Å². The van der Waals surface area contributed by atoms with E-state index in [1.165, 1.54) is 41.7 Å². The second-order valence-electron chi connectivity index (χ2n) is 15.9. The zero-order valence-corrected chi connectivity index (χ0v) is 33.7. The molecule has 9 aromatic carbocycles. The zero-order valence-electron chi connectivity index (χ0n) is 32.8. The molecule has 0 N–H and O–H groups in total. The van der Waals surface area contributed by atoms with Crippen LogP contribution in [0.4, 0.5) is 0 Å². The topological polar surface area (TPSA) is 69.9 Å². The molecular formula is C55H30N4O2S. The largest absolute Gasteiger partial charge is 0.456 e. The van der Waals surface area contributed by atoms with Crippen molar-refractivity contribution < 1.29 is 8.83 Å². The van der Waals surface area contributed by atoms with Crippen molar-refractivity contribution in [3.63, 3.8) is 0 Å². The van der Waals surface area contributed by atoms with Gasteiger partial charge in [0.05, 0.1) is 22.3 Å². The molecule has 0 atom stereocenters. The smallest absolute Gasteiger partial charge is 0.166 e. The van der Waals surface area contributed by atoms with Gasteiger partial charge in [-0.15, -0.1) is 11.3 Å². The van der Waals surface area contributed by atoms with E-state index < -0.39 is 0 Å². The summed E-state index contributed by atoms with van der Waals surface area (Å²) in [6, 6.07) is 63.8. The van der Waals surface area contributed by atoms with Crippen LogP contribution in [0, 0.1) is 0 Å². The summed E-state index contributed by atoms with van der Waals surface area (Å²) >= 11 is 1.78. The Hall–Kier alpha value is -8.13. The van der Waals surface area contributed by atoms with E-state index >= 15 is 0 Å². The van der Waals surface area contributed by atoms with Gasteiger partial charge < -0.3 is 13.4 Å². The van der Waals surface area contributed by atoms with Crippen LogP contribution in [0.2, 0.25) is 0 Å². The van der Waals surface area contributed by atoms with Crippen LogP contribution in [-0.4, -0.2) is 19.5 Å². The molecular weight excluding hydrogens is 781 g/mol. The summed E-state index contributed by atoms with van der Waals surface area (Å²) in [5.41, 5.74) is 8.91. The van der Waals surface area contributed by atoms with Gasteiger partial charge in [0.1, 0.15) is 22.3 Å². The van der Waals surface area contributed by atoms with Gasteiger partial charge in [-0.25, -0.2) is 15.0 Å². The molecule has 0 aliphatic rings. The minimum Gasteiger partial charge on any atom is -0.456 e. The third-order valence-corrected chi connectivity index (χ3v) is 13.6. The molecule has 0 saturated carbocycles. The highest BCUT2D eigenvalue weighted by Crippen LogP contribution is 2.44. The number of nitrogens with zero attached hydrogens (tertiary/aromatic N) is 4. The number of hydrogen-bond donors (Lipinski definition) is 0. The van der Waals surface area contributed by atoms with E-state index in [2.05, 4.69) is 156 Å². The Morgan fingerprint density at radius 3 is 1.81 bits per heavy atom. The first-order valence-corrected chi connectivity index (χ1v) is 21.5. The lowest BCUT2D eigenvalue weighted by molar-refractivity contribution is 0.668. The summed E-state index contributed by atoms with van der Waals surface area (Å²) in [6.45, 7) is 0. The zero-order chi connectivity index (χ0) is 40.5. The predicted molar refractivity (Wildman–Crippen MR) is 255 cm³/mol. The first-order chi connectivity index (χ1) is 30.7. The normalized spacial score (nSPS) is 12.2. The molecule has 0 unspecified atom stereocenters. The average Bonchev–Trinajstić information content (AvgIpc) is 4.08. The number of thiophene rings is 1. The van der Waals surface area contributed by atoms with E-state index in [0.29, 0.717) is 17.5 Å². The SMILES string of the molecule is c1ccc2cc3c(cc2c1)c1ccccc1n3-c1ccc2oc3ccccc3c2c1-c1nc(-c2ccc3c(c2)oc2ccccc23)nc(-c2ccc3c(c2)sc2ccccc23)n1. The van der Waals surface area contributed by atoms with Gasteiger partial charge in [0.25, 0.3) is 0 Å². The van der Waals surface area contributed by atoms with Gasteiger partial charge in [0.15, 0.2) is 17.5 Å². The monoisotopic (exact) mass is 810 g/mol. The molecule has 0 amide bonds. The highest BCUT2D eigenvalue weighted by Gasteiger charge is 2.25. The number of fused-ring (bicyclic) bond motifs is 13. The number of rotatable bonds is 4. The van der Waals surface area contributed by atoms with Crippen molar-refractivity contribution in [1.29, 1.82) is 0 Å². The molecule has 5 heterocycles. The lowest BCUT2D eigenvalue weighted by atomic mass is 10.0. The minimum absolute atomic E-state index is 0.546. The maximum Gasteiger partial charge on any atom is 0.166 e. The van der Waals surface area contributed by atoms with Gasteiger partial charge in [-0.2, -0.15) is 0 Å². The molecule has 0 spiro atoms. The fourth-order valence-electron chi connectivity index (χ4n) is 9.61. The van der Waals surface area contributed by atoms with Crippen molar-refractivity contribution in [3.8, 4) is 39.9 Å². The fourth-order valence-corrected chi connectivity index (χ4v) is 10.8. The molecule has 7 heteroatoms. The highest BCUT2D eigenvalue weighted by molar-refractivity contribution is 7.25. The van der Waals surface area contributed by atoms with E-state index in [9.17, 15) is 0 Å². The first-order valence-electron chi connectivity index (χ1n) is 20.7. The van der Waals surface area contributed by atoms with Crippen molar-refractivity contribution in [2.24, 2.45) is 0 Å². The highest BCUT2D eigenvalue weighted by atomic mass is 32.1. The maximum absolute atomic E-state index is 6.61. The van der Waals surface area contributed by atoms with Crippen molar-refractivity contribution in [2.45, 2.75) is 0 Å². The quantitative estimate of drug-likeness (QED) is 0.177. The summed E-state index contributed by atoms with van der Waals surface area (Å²) in [5.74, 6) is 1.68. The molecule has 288 valence electrons.